The third-order valence-corrected chi connectivity index (χ3v) is 6.34. The molecular weight excluding hydrogens is 286 g/mol. The van der Waals surface area contributed by atoms with Crippen molar-refractivity contribution in [2.75, 3.05) is 0 Å². The number of nitrogens with one attached hydrogen (secondary N) is 1. The van der Waals surface area contributed by atoms with E-state index in [1.807, 2.05) is 0 Å². The number of aromatic nitrogens is 1. The minimum atomic E-state index is -3.41. The molecule has 6 heteroatoms. The van der Waals surface area contributed by atoms with Crippen LogP contribution in [0, 0.1) is 11.8 Å². The van der Waals surface area contributed by atoms with Gasteiger partial charge < -0.3 is 10.3 Å². The van der Waals surface area contributed by atoms with Gasteiger partial charge in [-0.2, -0.15) is 0 Å². The summed E-state index contributed by atoms with van der Waals surface area (Å²) in [7, 11) is -3.41. The maximum atomic E-state index is 12.7. The van der Waals surface area contributed by atoms with Crippen LogP contribution < -0.4 is 10.5 Å². The molecule has 0 aromatic carbocycles. The van der Waals surface area contributed by atoms with E-state index in [1.165, 1.54) is 25.7 Å². The van der Waals surface area contributed by atoms with Crippen molar-refractivity contribution in [1.82, 2.24) is 9.29 Å². The molecule has 1 heterocycles. The van der Waals surface area contributed by atoms with Gasteiger partial charge in [-0.05, 0) is 56.4 Å². The Hall–Kier alpha value is -0.850. The summed E-state index contributed by atoms with van der Waals surface area (Å²) in [6.07, 6.45) is 8.70. The molecule has 4 rings (SSSR count). The van der Waals surface area contributed by atoms with Crippen LogP contribution in [0.4, 0.5) is 0 Å². The summed E-state index contributed by atoms with van der Waals surface area (Å²) in [5, 5.41) is 0. The van der Waals surface area contributed by atoms with Crippen molar-refractivity contribution in [3.8, 4) is 0 Å². The molecular formula is C15H23N3O2S. The number of sulfonamides is 1. The van der Waals surface area contributed by atoms with E-state index in [9.17, 15) is 8.42 Å². The Balaban J connectivity index is 1.58. The number of nitrogens with two attached hydrogens (primary N) is 1. The average Bonchev–Trinajstić information content (AvgIpc) is 3.32. The Kier molecular flexibility index (Phi) is 3.17. The molecule has 1 aromatic heterocycles. The molecule has 5 nitrogen and oxygen atoms in total. The molecule has 1 aromatic rings. The largest absolute Gasteiger partial charge is 0.346 e. The Bertz CT molecular complexity index is 628. The van der Waals surface area contributed by atoms with Crippen LogP contribution in [0.25, 0.3) is 0 Å². The highest BCUT2D eigenvalue weighted by molar-refractivity contribution is 7.89. The van der Waals surface area contributed by atoms with E-state index >= 15 is 0 Å². The Morgan fingerprint density at radius 2 is 1.81 bits per heavy atom. The lowest BCUT2D eigenvalue weighted by molar-refractivity contribution is 0.471. The molecule has 0 unspecified atom stereocenters. The van der Waals surface area contributed by atoms with E-state index < -0.39 is 10.0 Å². The van der Waals surface area contributed by atoms with Crippen LogP contribution in [-0.2, 0) is 16.6 Å². The van der Waals surface area contributed by atoms with Crippen molar-refractivity contribution in [3.63, 3.8) is 0 Å². The highest BCUT2D eigenvalue weighted by atomic mass is 32.2. The minimum absolute atomic E-state index is 0.153. The maximum absolute atomic E-state index is 12.7. The molecule has 0 aliphatic heterocycles. The van der Waals surface area contributed by atoms with E-state index in [2.05, 4.69) is 9.29 Å². The van der Waals surface area contributed by atoms with Gasteiger partial charge in [-0.15, -0.1) is 0 Å². The second-order valence-electron chi connectivity index (χ2n) is 6.83. The van der Waals surface area contributed by atoms with E-state index in [-0.39, 0.29) is 6.04 Å². The fourth-order valence-corrected chi connectivity index (χ4v) is 4.66. The van der Waals surface area contributed by atoms with Crippen LogP contribution in [0.2, 0.25) is 0 Å². The van der Waals surface area contributed by atoms with Crippen molar-refractivity contribution < 1.29 is 8.42 Å². The molecule has 3 saturated carbocycles. The normalized spacial score (nSPS) is 23.0. The zero-order chi connectivity index (χ0) is 14.6. The zero-order valence-electron chi connectivity index (χ0n) is 12.2. The van der Waals surface area contributed by atoms with Gasteiger partial charge in [0.2, 0.25) is 10.0 Å². The predicted octanol–water partition coefficient (Wildman–Crippen LogP) is 1.75. The lowest BCUT2D eigenvalue weighted by Crippen LogP contribution is -2.37. The van der Waals surface area contributed by atoms with Crippen LogP contribution in [-0.4, -0.2) is 19.0 Å². The van der Waals surface area contributed by atoms with Gasteiger partial charge in [0.05, 0.1) is 4.90 Å². The molecule has 0 amide bonds. The van der Waals surface area contributed by atoms with Crippen LogP contribution in [0.15, 0.2) is 17.2 Å². The van der Waals surface area contributed by atoms with E-state index in [0.29, 0.717) is 29.3 Å². The van der Waals surface area contributed by atoms with Crippen LogP contribution in [0.5, 0.6) is 0 Å². The lowest BCUT2D eigenvalue weighted by Gasteiger charge is -2.17. The van der Waals surface area contributed by atoms with Gasteiger partial charge in [0.25, 0.3) is 0 Å². The molecule has 3 aliphatic carbocycles. The smallest absolute Gasteiger partial charge is 0.242 e. The van der Waals surface area contributed by atoms with Crippen molar-refractivity contribution in [3.05, 3.63) is 18.0 Å². The first-order valence-electron chi connectivity index (χ1n) is 8.01. The van der Waals surface area contributed by atoms with Crippen molar-refractivity contribution in [2.24, 2.45) is 17.6 Å². The summed E-state index contributed by atoms with van der Waals surface area (Å²) in [5.74, 6) is 1.12. The summed E-state index contributed by atoms with van der Waals surface area (Å²) in [6.45, 7) is 0.390. The molecule has 0 atom stereocenters. The van der Waals surface area contributed by atoms with E-state index in [4.69, 9.17) is 5.73 Å². The number of hydrogen-bond donors (Lipinski definition) is 2. The van der Waals surface area contributed by atoms with Gasteiger partial charge in [-0.3, -0.25) is 0 Å². The fourth-order valence-electron chi connectivity index (χ4n) is 3.24. The van der Waals surface area contributed by atoms with Gasteiger partial charge >= 0.3 is 0 Å². The third-order valence-electron chi connectivity index (χ3n) is 4.92. The molecule has 3 aliphatic rings. The second-order valence-corrected chi connectivity index (χ2v) is 8.55. The quantitative estimate of drug-likeness (QED) is 0.805. The Morgan fingerprint density at radius 1 is 1.19 bits per heavy atom. The molecule has 21 heavy (non-hydrogen) atoms. The minimum Gasteiger partial charge on any atom is -0.346 e. The monoisotopic (exact) mass is 309 g/mol. The Labute approximate surface area is 125 Å². The average molecular weight is 309 g/mol. The molecule has 0 saturated heterocycles. The van der Waals surface area contributed by atoms with Gasteiger partial charge in [-0.1, -0.05) is 0 Å². The van der Waals surface area contributed by atoms with Crippen molar-refractivity contribution in [1.29, 1.82) is 0 Å². The van der Waals surface area contributed by atoms with Crippen molar-refractivity contribution >= 4 is 10.0 Å². The highest BCUT2D eigenvalue weighted by Crippen LogP contribution is 2.45. The third kappa shape index (κ3) is 2.76. The van der Waals surface area contributed by atoms with Crippen LogP contribution in [0.1, 0.15) is 50.3 Å². The first kappa shape index (κ1) is 13.8. The summed E-state index contributed by atoms with van der Waals surface area (Å²) in [5.41, 5.74) is 6.68. The second kappa shape index (κ2) is 4.83. The summed E-state index contributed by atoms with van der Waals surface area (Å²) in [4.78, 5) is 0.390. The fraction of sp³-hybridized carbons (Fsp3) is 0.733. The van der Waals surface area contributed by atoms with Gasteiger partial charge in [0.15, 0.2) is 0 Å². The predicted molar refractivity (Wildman–Crippen MR) is 80.2 cm³/mol. The molecule has 0 bridgehead atoms. The standard InChI is InChI=1S/C15H23N3O2S/c16-8-13-7-14(9-18(13)12-5-6-12)21(19,20)17-15(10-1-2-10)11-3-4-11/h7,9-12,15,17H,1-6,8,16H2. The topological polar surface area (TPSA) is 77.1 Å². The summed E-state index contributed by atoms with van der Waals surface area (Å²) < 4.78 is 30.4. The maximum Gasteiger partial charge on any atom is 0.242 e. The first-order chi connectivity index (χ1) is 10.1. The molecule has 116 valence electrons. The lowest BCUT2D eigenvalue weighted by atomic mass is 10.1. The number of hydrogen-bond acceptors (Lipinski definition) is 3. The van der Waals surface area contributed by atoms with Crippen LogP contribution in [0.3, 0.4) is 0 Å². The van der Waals surface area contributed by atoms with Gasteiger partial charge in [-0.25, -0.2) is 13.1 Å². The SMILES string of the molecule is NCc1cc(S(=O)(=O)NC(C2CC2)C2CC2)cn1C1CC1. The zero-order valence-corrected chi connectivity index (χ0v) is 13.0. The molecule has 0 spiro atoms. The van der Waals surface area contributed by atoms with Crippen molar-refractivity contribution in [2.45, 2.75) is 62.0 Å². The van der Waals surface area contributed by atoms with Crippen LogP contribution >= 0.6 is 0 Å². The number of rotatable bonds is 7. The van der Waals surface area contributed by atoms with Gasteiger partial charge in [0, 0.05) is 30.5 Å². The van der Waals surface area contributed by atoms with E-state index in [0.717, 1.165) is 18.5 Å². The van der Waals surface area contributed by atoms with E-state index in [1.54, 1.807) is 12.3 Å². The Morgan fingerprint density at radius 3 is 2.29 bits per heavy atom. The number of nitrogens with zero attached hydrogens (tertiary/aromatic N) is 1. The molecule has 3 N–H and O–H groups in total. The van der Waals surface area contributed by atoms with Gasteiger partial charge in [0.1, 0.15) is 0 Å². The summed E-state index contributed by atoms with van der Waals surface area (Å²) in [6, 6.07) is 2.35. The highest BCUT2D eigenvalue weighted by Gasteiger charge is 2.43. The molecule has 0 radical (unpaired) electrons. The summed E-state index contributed by atoms with van der Waals surface area (Å²) >= 11 is 0. The first-order valence-corrected chi connectivity index (χ1v) is 9.50. The molecule has 3 fully saturated rings.